The van der Waals surface area contributed by atoms with Gasteiger partial charge in [-0.15, -0.1) is 0 Å². The fourth-order valence-corrected chi connectivity index (χ4v) is 4.63. The largest absolute Gasteiger partial charge is 0.352 e. The molecule has 2 fully saturated rings. The second-order valence-electron chi connectivity index (χ2n) is 8.27. The predicted molar refractivity (Wildman–Crippen MR) is 123 cm³/mol. The lowest BCUT2D eigenvalue weighted by molar-refractivity contribution is -0.135. The summed E-state index contributed by atoms with van der Waals surface area (Å²) in [5.41, 5.74) is 1.28. The number of piperazine rings is 1. The molecule has 0 bridgehead atoms. The van der Waals surface area contributed by atoms with E-state index in [0.717, 1.165) is 64.6 Å². The summed E-state index contributed by atoms with van der Waals surface area (Å²) in [5.74, 6) is 1.22. The standard InChI is InChI=1S/C24H33N5O/c1-19(23(30)28-12-5-6-13-28)27-14-16-29(17-15-27)24(25-2)26-18-21-10-7-9-20-8-3-4-11-22(20)21/h3-4,7-11,19H,5-6,12-18H2,1-2H3,(H,25,26). The summed E-state index contributed by atoms with van der Waals surface area (Å²) in [5, 5.41) is 6.08. The van der Waals surface area contributed by atoms with Crippen LogP contribution in [0.2, 0.25) is 0 Å². The third kappa shape index (κ3) is 4.43. The molecule has 2 aromatic carbocycles. The Morgan fingerprint density at radius 3 is 2.40 bits per heavy atom. The summed E-state index contributed by atoms with van der Waals surface area (Å²) in [7, 11) is 1.84. The van der Waals surface area contributed by atoms with E-state index in [1.54, 1.807) is 0 Å². The van der Waals surface area contributed by atoms with Crippen LogP contribution in [0.4, 0.5) is 0 Å². The van der Waals surface area contributed by atoms with Gasteiger partial charge in [0.1, 0.15) is 0 Å². The smallest absolute Gasteiger partial charge is 0.239 e. The Morgan fingerprint density at radius 1 is 0.967 bits per heavy atom. The van der Waals surface area contributed by atoms with Gasteiger partial charge >= 0.3 is 0 Å². The predicted octanol–water partition coefficient (Wildman–Crippen LogP) is 2.54. The molecular formula is C24H33N5O. The monoisotopic (exact) mass is 407 g/mol. The Bertz CT molecular complexity index is 892. The maximum Gasteiger partial charge on any atom is 0.239 e. The van der Waals surface area contributed by atoms with Gasteiger partial charge in [-0.2, -0.15) is 0 Å². The molecule has 0 aromatic heterocycles. The van der Waals surface area contributed by atoms with E-state index in [9.17, 15) is 4.79 Å². The summed E-state index contributed by atoms with van der Waals surface area (Å²) >= 11 is 0. The topological polar surface area (TPSA) is 51.2 Å². The first kappa shape index (κ1) is 20.7. The first-order valence-electron chi connectivity index (χ1n) is 11.1. The molecule has 1 N–H and O–H groups in total. The molecule has 2 aromatic rings. The third-order valence-corrected chi connectivity index (χ3v) is 6.47. The Hall–Kier alpha value is -2.60. The molecule has 30 heavy (non-hydrogen) atoms. The van der Waals surface area contributed by atoms with E-state index in [0.29, 0.717) is 5.91 Å². The normalized spacial score (nSPS) is 19.3. The summed E-state index contributed by atoms with van der Waals surface area (Å²) in [6, 6.07) is 14.9. The van der Waals surface area contributed by atoms with Crippen LogP contribution in [0.3, 0.4) is 0 Å². The zero-order chi connectivity index (χ0) is 20.9. The number of guanidine groups is 1. The molecule has 0 saturated carbocycles. The highest BCUT2D eigenvalue weighted by Crippen LogP contribution is 2.18. The second kappa shape index (κ2) is 9.47. The van der Waals surface area contributed by atoms with Crippen molar-refractivity contribution in [2.75, 3.05) is 46.3 Å². The average molecular weight is 408 g/mol. The molecule has 6 heteroatoms. The Kier molecular flexibility index (Phi) is 6.53. The molecule has 0 spiro atoms. The fraction of sp³-hybridized carbons (Fsp3) is 0.500. The first-order valence-corrected chi connectivity index (χ1v) is 11.1. The van der Waals surface area contributed by atoms with Gasteiger partial charge in [-0.25, -0.2) is 0 Å². The van der Waals surface area contributed by atoms with Crippen LogP contribution in [0.25, 0.3) is 10.8 Å². The van der Waals surface area contributed by atoms with Crippen LogP contribution < -0.4 is 5.32 Å². The van der Waals surface area contributed by atoms with Gasteiger partial charge in [-0.3, -0.25) is 14.7 Å². The number of aliphatic imine (C=N–C) groups is 1. The van der Waals surface area contributed by atoms with Gasteiger partial charge in [0.2, 0.25) is 5.91 Å². The zero-order valence-electron chi connectivity index (χ0n) is 18.2. The highest BCUT2D eigenvalue weighted by Gasteiger charge is 2.30. The van der Waals surface area contributed by atoms with Crippen LogP contribution in [-0.4, -0.2) is 78.9 Å². The third-order valence-electron chi connectivity index (χ3n) is 6.47. The van der Waals surface area contributed by atoms with Crippen molar-refractivity contribution in [2.24, 2.45) is 4.99 Å². The Morgan fingerprint density at radius 2 is 1.67 bits per heavy atom. The van der Waals surface area contributed by atoms with Crippen molar-refractivity contribution < 1.29 is 4.79 Å². The number of hydrogen-bond donors (Lipinski definition) is 1. The number of nitrogens with one attached hydrogen (secondary N) is 1. The van der Waals surface area contributed by atoms with E-state index in [1.165, 1.54) is 16.3 Å². The first-order chi connectivity index (χ1) is 14.7. The molecule has 1 unspecified atom stereocenters. The summed E-state index contributed by atoms with van der Waals surface area (Å²) in [6.07, 6.45) is 2.29. The number of nitrogens with zero attached hydrogens (tertiary/aromatic N) is 4. The molecule has 1 atom stereocenters. The maximum absolute atomic E-state index is 12.7. The lowest BCUT2D eigenvalue weighted by Gasteiger charge is -2.39. The Balaban J connectivity index is 1.32. The molecule has 160 valence electrons. The highest BCUT2D eigenvalue weighted by molar-refractivity contribution is 5.86. The van der Waals surface area contributed by atoms with Crippen LogP contribution in [-0.2, 0) is 11.3 Å². The van der Waals surface area contributed by atoms with Gasteiger partial charge in [0, 0.05) is 52.9 Å². The molecule has 2 saturated heterocycles. The van der Waals surface area contributed by atoms with E-state index in [2.05, 4.69) is 69.5 Å². The average Bonchev–Trinajstić information content (AvgIpc) is 3.34. The lowest BCUT2D eigenvalue weighted by Crippen LogP contribution is -2.57. The molecule has 1 amide bonds. The number of fused-ring (bicyclic) bond motifs is 1. The minimum atomic E-state index is -0.0316. The number of likely N-dealkylation sites (tertiary alicyclic amines) is 1. The van der Waals surface area contributed by atoms with E-state index in [4.69, 9.17) is 0 Å². The summed E-state index contributed by atoms with van der Waals surface area (Å²) in [4.78, 5) is 23.9. The van der Waals surface area contributed by atoms with Crippen LogP contribution in [0.15, 0.2) is 47.5 Å². The van der Waals surface area contributed by atoms with Crippen molar-refractivity contribution in [3.63, 3.8) is 0 Å². The van der Waals surface area contributed by atoms with Crippen molar-refractivity contribution in [3.05, 3.63) is 48.0 Å². The number of amides is 1. The van der Waals surface area contributed by atoms with Crippen LogP contribution in [0, 0.1) is 0 Å². The SMILES string of the molecule is CN=C(NCc1cccc2ccccc12)N1CCN(C(C)C(=O)N2CCCC2)CC1. The number of rotatable bonds is 4. The molecule has 0 radical (unpaired) electrons. The van der Waals surface area contributed by atoms with Gasteiger partial charge in [0.15, 0.2) is 5.96 Å². The fourth-order valence-electron chi connectivity index (χ4n) is 4.63. The van der Waals surface area contributed by atoms with Gasteiger partial charge in [-0.1, -0.05) is 42.5 Å². The number of hydrogen-bond acceptors (Lipinski definition) is 3. The molecule has 2 aliphatic rings. The number of carbonyl (C=O) groups is 1. The van der Waals surface area contributed by atoms with Crippen molar-refractivity contribution >= 4 is 22.6 Å². The van der Waals surface area contributed by atoms with Crippen molar-refractivity contribution in [1.82, 2.24) is 20.0 Å². The van der Waals surface area contributed by atoms with Gasteiger partial charge in [0.05, 0.1) is 6.04 Å². The van der Waals surface area contributed by atoms with E-state index >= 15 is 0 Å². The summed E-state index contributed by atoms with van der Waals surface area (Å²) in [6.45, 7) is 8.19. The molecule has 4 rings (SSSR count). The number of benzene rings is 2. The number of carbonyl (C=O) groups excluding carboxylic acids is 1. The van der Waals surface area contributed by atoms with Crippen molar-refractivity contribution in [1.29, 1.82) is 0 Å². The van der Waals surface area contributed by atoms with Gasteiger partial charge in [0.25, 0.3) is 0 Å². The van der Waals surface area contributed by atoms with E-state index < -0.39 is 0 Å². The van der Waals surface area contributed by atoms with Crippen molar-refractivity contribution in [3.8, 4) is 0 Å². The maximum atomic E-state index is 12.7. The zero-order valence-corrected chi connectivity index (χ0v) is 18.2. The van der Waals surface area contributed by atoms with E-state index in [1.807, 2.05) is 11.9 Å². The van der Waals surface area contributed by atoms with E-state index in [-0.39, 0.29) is 6.04 Å². The summed E-state index contributed by atoms with van der Waals surface area (Å²) < 4.78 is 0. The minimum absolute atomic E-state index is 0.0316. The van der Waals surface area contributed by atoms with Crippen LogP contribution in [0.5, 0.6) is 0 Å². The van der Waals surface area contributed by atoms with Gasteiger partial charge in [-0.05, 0) is 36.1 Å². The quantitative estimate of drug-likeness (QED) is 0.625. The molecule has 2 heterocycles. The Labute approximate surface area is 179 Å². The lowest BCUT2D eigenvalue weighted by atomic mass is 10.0. The molecule has 6 nitrogen and oxygen atoms in total. The van der Waals surface area contributed by atoms with Crippen LogP contribution in [0.1, 0.15) is 25.3 Å². The second-order valence-corrected chi connectivity index (χ2v) is 8.27. The molecule has 0 aliphatic carbocycles. The minimum Gasteiger partial charge on any atom is -0.352 e. The van der Waals surface area contributed by atoms with Crippen LogP contribution >= 0.6 is 0 Å². The van der Waals surface area contributed by atoms with Crippen molar-refractivity contribution in [2.45, 2.75) is 32.4 Å². The molecule has 2 aliphatic heterocycles. The van der Waals surface area contributed by atoms with Gasteiger partial charge < -0.3 is 15.1 Å². The highest BCUT2D eigenvalue weighted by atomic mass is 16.2. The molecular weight excluding hydrogens is 374 g/mol.